The lowest BCUT2D eigenvalue weighted by atomic mass is 10.1. The minimum absolute atomic E-state index is 0.602. The first kappa shape index (κ1) is 13.3. The van der Waals surface area contributed by atoms with Crippen molar-refractivity contribution >= 4 is 0 Å². The van der Waals surface area contributed by atoms with Crippen LogP contribution in [-0.4, -0.2) is 11.7 Å². The van der Waals surface area contributed by atoms with E-state index in [-0.39, 0.29) is 0 Å². The molecular weight excluding hydrogens is 238 g/mol. The Morgan fingerprint density at radius 1 is 1.42 bits per heavy atom. The van der Waals surface area contributed by atoms with Gasteiger partial charge in [-0.3, -0.25) is 0 Å². The van der Waals surface area contributed by atoms with Crippen LogP contribution in [-0.2, 0) is 6.54 Å². The summed E-state index contributed by atoms with van der Waals surface area (Å²) in [7, 11) is 0. The Morgan fingerprint density at radius 3 is 3.00 bits per heavy atom. The number of benzene rings is 1. The van der Waals surface area contributed by atoms with E-state index >= 15 is 0 Å². The number of nitrogens with one attached hydrogen (secondary N) is 1. The lowest BCUT2D eigenvalue weighted by Gasteiger charge is -2.06. The quantitative estimate of drug-likeness (QED) is 0.892. The minimum Gasteiger partial charge on any atom is -0.356 e. The Morgan fingerprint density at radius 2 is 2.26 bits per heavy atom. The van der Waals surface area contributed by atoms with E-state index in [0.717, 1.165) is 23.4 Å². The molecule has 0 bridgehead atoms. The molecule has 0 aliphatic rings. The summed E-state index contributed by atoms with van der Waals surface area (Å²) < 4.78 is 5.31. The van der Waals surface area contributed by atoms with Crippen LogP contribution in [0, 0.1) is 17.2 Å². The Labute approximate surface area is 113 Å². The van der Waals surface area contributed by atoms with E-state index in [4.69, 9.17) is 9.78 Å². The van der Waals surface area contributed by atoms with Gasteiger partial charge >= 0.3 is 0 Å². The predicted octanol–water partition coefficient (Wildman–Crippen LogP) is 2.96. The summed E-state index contributed by atoms with van der Waals surface area (Å²) in [6.45, 7) is 5.99. The molecule has 2 rings (SSSR count). The van der Waals surface area contributed by atoms with Crippen molar-refractivity contribution in [1.29, 1.82) is 5.26 Å². The molecule has 0 saturated heterocycles. The fraction of sp³-hybridized carbons (Fsp3) is 0.333. The highest BCUT2D eigenvalue weighted by Gasteiger charge is 2.11. The van der Waals surface area contributed by atoms with Crippen LogP contribution in [0.15, 0.2) is 35.0 Å². The molecule has 0 atom stereocenters. The zero-order valence-corrected chi connectivity index (χ0v) is 11.2. The molecule has 0 aliphatic carbocycles. The van der Waals surface area contributed by atoms with Gasteiger partial charge in [0, 0.05) is 17.7 Å². The third-order valence-corrected chi connectivity index (χ3v) is 2.77. The summed E-state index contributed by atoms with van der Waals surface area (Å²) in [5.74, 6) is 1.33. The molecule has 0 aliphatic heterocycles. The molecule has 0 amide bonds. The number of hydrogen-bond acceptors (Lipinski definition) is 4. The topological polar surface area (TPSA) is 61.9 Å². The predicted molar refractivity (Wildman–Crippen MR) is 73.2 cm³/mol. The molecule has 4 nitrogen and oxygen atoms in total. The van der Waals surface area contributed by atoms with Gasteiger partial charge in [-0.1, -0.05) is 31.1 Å². The maximum Gasteiger partial charge on any atom is 0.171 e. The van der Waals surface area contributed by atoms with Crippen LogP contribution < -0.4 is 5.32 Å². The van der Waals surface area contributed by atoms with E-state index in [1.54, 1.807) is 12.3 Å². The molecule has 1 aromatic heterocycles. The summed E-state index contributed by atoms with van der Waals surface area (Å²) in [5, 5.41) is 16.1. The van der Waals surface area contributed by atoms with Crippen molar-refractivity contribution in [3.05, 3.63) is 41.6 Å². The van der Waals surface area contributed by atoms with E-state index in [1.807, 2.05) is 18.2 Å². The van der Waals surface area contributed by atoms with Crippen molar-refractivity contribution < 1.29 is 4.52 Å². The first-order valence-electron chi connectivity index (χ1n) is 6.35. The number of rotatable bonds is 5. The lowest BCUT2D eigenvalue weighted by molar-refractivity contribution is 0.431. The van der Waals surface area contributed by atoms with E-state index in [9.17, 15) is 0 Å². The van der Waals surface area contributed by atoms with Gasteiger partial charge in [-0.05, 0) is 24.6 Å². The van der Waals surface area contributed by atoms with Crippen molar-refractivity contribution in [1.82, 2.24) is 10.5 Å². The molecule has 1 N–H and O–H groups in total. The van der Waals surface area contributed by atoms with Crippen molar-refractivity contribution in [2.24, 2.45) is 5.92 Å². The smallest absolute Gasteiger partial charge is 0.171 e. The first-order chi connectivity index (χ1) is 9.20. The Bertz CT molecular complexity index is 581. The Hall–Kier alpha value is -2.12. The molecule has 1 aromatic carbocycles. The largest absolute Gasteiger partial charge is 0.356 e. The average Bonchev–Trinajstić information content (AvgIpc) is 2.87. The van der Waals surface area contributed by atoms with Gasteiger partial charge in [0.05, 0.1) is 17.8 Å². The SMILES string of the molecule is CC(C)CNCc1cnoc1-c1cccc(C#N)c1. The second kappa shape index (κ2) is 6.17. The van der Waals surface area contributed by atoms with Gasteiger partial charge in [0.25, 0.3) is 0 Å². The van der Waals surface area contributed by atoms with Crippen LogP contribution in [0.3, 0.4) is 0 Å². The average molecular weight is 255 g/mol. The van der Waals surface area contributed by atoms with Crippen LogP contribution in [0.1, 0.15) is 25.0 Å². The lowest BCUT2D eigenvalue weighted by Crippen LogP contribution is -2.18. The highest BCUT2D eigenvalue weighted by molar-refractivity contribution is 5.62. The van der Waals surface area contributed by atoms with Crippen LogP contribution in [0.25, 0.3) is 11.3 Å². The summed E-state index contributed by atoms with van der Waals surface area (Å²) in [6.07, 6.45) is 1.72. The van der Waals surface area contributed by atoms with E-state index in [1.165, 1.54) is 0 Å². The molecule has 4 heteroatoms. The normalized spacial score (nSPS) is 10.6. The molecular formula is C15H17N3O. The molecule has 98 valence electrons. The third kappa shape index (κ3) is 3.43. The van der Waals surface area contributed by atoms with Gasteiger partial charge in [-0.2, -0.15) is 5.26 Å². The van der Waals surface area contributed by atoms with Crippen molar-refractivity contribution in [3.8, 4) is 17.4 Å². The zero-order chi connectivity index (χ0) is 13.7. The molecule has 0 fully saturated rings. The molecule has 1 heterocycles. The zero-order valence-electron chi connectivity index (χ0n) is 11.2. The van der Waals surface area contributed by atoms with Gasteiger partial charge in [0.2, 0.25) is 0 Å². The monoisotopic (exact) mass is 255 g/mol. The number of aromatic nitrogens is 1. The minimum atomic E-state index is 0.602. The van der Waals surface area contributed by atoms with Crippen LogP contribution >= 0.6 is 0 Å². The van der Waals surface area contributed by atoms with Gasteiger partial charge in [-0.15, -0.1) is 0 Å². The highest BCUT2D eigenvalue weighted by Crippen LogP contribution is 2.24. The fourth-order valence-corrected chi connectivity index (χ4v) is 1.85. The maximum absolute atomic E-state index is 8.92. The van der Waals surface area contributed by atoms with E-state index in [0.29, 0.717) is 18.0 Å². The Kier molecular flexibility index (Phi) is 4.32. The van der Waals surface area contributed by atoms with Gasteiger partial charge in [0.15, 0.2) is 5.76 Å². The Balaban J connectivity index is 2.16. The number of nitriles is 1. The van der Waals surface area contributed by atoms with Crippen LogP contribution in [0.5, 0.6) is 0 Å². The highest BCUT2D eigenvalue weighted by atomic mass is 16.5. The first-order valence-corrected chi connectivity index (χ1v) is 6.35. The summed E-state index contributed by atoms with van der Waals surface area (Å²) in [5.41, 5.74) is 2.52. The van der Waals surface area contributed by atoms with Crippen molar-refractivity contribution in [2.75, 3.05) is 6.54 Å². The molecule has 0 spiro atoms. The summed E-state index contributed by atoms with van der Waals surface area (Å²) >= 11 is 0. The summed E-state index contributed by atoms with van der Waals surface area (Å²) in [6, 6.07) is 9.49. The van der Waals surface area contributed by atoms with Crippen molar-refractivity contribution in [2.45, 2.75) is 20.4 Å². The molecule has 0 radical (unpaired) electrons. The van der Waals surface area contributed by atoms with Gasteiger partial charge < -0.3 is 9.84 Å². The van der Waals surface area contributed by atoms with E-state index in [2.05, 4.69) is 30.4 Å². The van der Waals surface area contributed by atoms with Crippen LogP contribution in [0.4, 0.5) is 0 Å². The van der Waals surface area contributed by atoms with Crippen LogP contribution in [0.2, 0.25) is 0 Å². The molecule has 0 saturated carbocycles. The molecule has 2 aromatic rings. The second-order valence-corrected chi connectivity index (χ2v) is 4.90. The molecule has 0 unspecified atom stereocenters. The third-order valence-electron chi connectivity index (χ3n) is 2.77. The van der Waals surface area contributed by atoms with Gasteiger partial charge in [-0.25, -0.2) is 0 Å². The van der Waals surface area contributed by atoms with Gasteiger partial charge in [0.1, 0.15) is 0 Å². The van der Waals surface area contributed by atoms with Crippen molar-refractivity contribution in [3.63, 3.8) is 0 Å². The second-order valence-electron chi connectivity index (χ2n) is 4.90. The molecule has 19 heavy (non-hydrogen) atoms. The standard InChI is InChI=1S/C15H17N3O/c1-11(2)8-17-9-14-10-18-19-15(14)13-5-3-4-12(6-13)7-16/h3-6,10-11,17H,8-9H2,1-2H3. The number of nitrogens with zero attached hydrogens (tertiary/aromatic N) is 2. The fourth-order valence-electron chi connectivity index (χ4n) is 1.85. The number of hydrogen-bond donors (Lipinski definition) is 1. The van der Waals surface area contributed by atoms with E-state index < -0.39 is 0 Å². The summed E-state index contributed by atoms with van der Waals surface area (Å²) in [4.78, 5) is 0. The maximum atomic E-state index is 8.92.